The number of likely N-dealkylation sites (tertiary alicyclic amines) is 1. The summed E-state index contributed by atoms with van der Waals surface area (Å²) in [4.78, 5) is 18.2. The Labute approximate surface area is 247 Å². The van der Waals surface area contributed by atoms with Gasteiger partial charge in [0.2, 0.25) is 5.95 Å². The highest BCUT2D eigenvalue weighted by Crippen LogP contribution is 2.33. The molecule has 2 aliphatic heterocycles. The summed E-state index contributed by atoms with van der Waals surface area (Å²) in [5.74, 6) is 0.325. The zero-order valence-electron chi connectivity index (χ0n) is 25.3. The van der Waals surface area contributed by atoms with E-state index in [0.29, 0.717) is 28.9 Å². The molecular weight excluding hydrogens is 532 g/mol. The quantitative estimate of drug-likeness (QED) is 0.369. The van der Waals surface area contributed by atoms with E-state index < -0.39 is 11.6 Å². The molecule has 222 valence electrons. The Bertz CT molecular complexity index is 1580. The van der Waals surface area contributed by atoms with Crippen LogP contribution in [0.4, 0.5) is 14.7 Å². The molecule has 3 aromatic rings. The Morgan fingerprint density at radius 3 is 2.57 bits per heavy atom. The number of nitrogens with one attached hydrogen (secondary N) is 1. The van der Waals surface area contributed by atoms with Gasteiger partial charge in [-0.3, -0.25) is 4.90 Å². The van der Waals surface area contributed by atoms with Crippen molar-refractivity contribution in [1.82, 2.24) is 29.3 Å². The summed E-state index contributed by atoms with van der Waals surface area (Å²) in [6.07, 6.45) is 12.1. The number of fused-ring (bicyclic) bond motifs is 1. The number of nitrogens with zero attached hydrogens (tertiary/aromatic N) is 6. The van der Waals surface area contributed by atoms with Gasteiger partial charge in [0.25, 0.3) is 0 Å². The van der Waals surface area contributed by atoms with Gasteiger partial charge in [-0.05, 0) is 96.3 Å². The fraction of sp³-hybridized carbons (Fsp3) is 0.485. The average molecular weight is 574 g/mol. The third-order valence-corrected chi connectivity index (χ3v) is 9.12. The Balaban J connectivity index is 1.24. The molecule has 9 heteroatoms. The molecule has 2 aromatic heterocycles. The SMILES string of the molecule is Cc1nc2c(F)cc(-c3nc(NC4=C\C[C@@H](C)C5=C(/C=C\4)CN(C4CCN(C)CC4)CC5)ncc3F)cc2n1C(C)C. The minimum Gasteiger partial charge on any atom is -0.326 e. The minimum absolute atomic E-state index is 0.0531. The first-order chi connectivity index (χ1) is 20.2. The number of piperidine rings is 1. The molecule has 0 unspecified atom stereocenters. The zero-order chi connectivity index (χ0) is 29.5. The number of aryl methyl sites for hydroxylation is 1. The number of imidazole rings is 1. The van der Waals surface area contributed by atoms with Crippen molar-refractivity contribution < 1.29 is 8.78 Å². The monoisotopic (exact) mass is 573 g/mol. The molecule has 1 fully saturated rings. The predicted octanol–water partition coefficient (Wildman–Crippen LogP) is 6.65. The first kappa shape index (κ1) is 28.7. The Kier molecular flexibility index (Phi) is 7.98. The van der Waals surface area contributed by atoms with E-state index in [1.807, 2.05) is 25.3 Å². The van der Waals surface area contributed by atoms with E-state index in [0.717, 1.165) is 50.9 Å². The van der Waals surface area contributed by atoms with Crippen molar-refractivity contribution in [3.8, 4) is 11.3 Å². The van der Waals surface area contributed by atoms with Crippen LogP contribution in [0.15, 0.2) is 53.4 Å². The molecule has 7 nitrogen and oxygen atoms in total. The normalized spacial score (nSPS) is 23.0. The molecular formula is C33H41F2N7. The van der Waals surface area contributed by atoms with Gasteiger partial charge in [-0.15, -0.1) is 0 Å². The maximum atomic E-state index is 15.1. The average Bonchev–Trinajstić information content (AvgIpc) is 3.31. The molecule has 1 atom stereocenters. The Morgan fingerprint density at radius 2 is 1.81 bits per heavy atom. The smallest absolute Gasteiger partial charge is 0.227 e. The second kappa shape index (κ2) is 11.7. The number of rotatable bonds is 5. The molecule has 42 heavy (non-hydrogen) atoms. The summed E-state index contributed by atoms with van der Waals surface area (Å²) in [6.45, 7) is 12.6. The summed E-state index contributed by atoms with van der Waals surface area (Å²) in [7, 11) is 2.21. The number of anilines is 1. The van der Waals surface area contributed by atoms with Crippen LogP contribution in [0.2, 0.25) is 0 Å². The minimum atomic E-state index is -0.603. The number of aromatic nitrogens is 4. The number of benzene rings is 1. The van der Waals surface area contributed by atoms with Gasteiger partial charge in [-0.1, -0.05) is 24.6 Å². The van der Waals surface area contributed by atoms with E-state index in [-0.39, 0.29) is 23.2 Å². The molecule has 0 spiro atoms. The molecule has 0 amide bonds. The number of hydrogen-bond acceptors (Lipinski definition) is 6. The Morgan fingerprint density at radius 1 is 1.02 bits per heavy atom. The molecule has 0 bridgehead atoms. The fourth-order valence-electron chi connectivity index (χ4n) is 6.83. The maximum absolute atomic E-state index is 15.1. The second-order valence-electron chi connectivity index (χ2n) is 12.4. The molecule has 1 N–H and O–H groups in total. The molecule has 0 saturated carbocycles. The fourth-order valence-corrected chi connectivity index (χ4v) is 6.83. The topological polar surface area (TPSA) is 62.1 Å². The van der Waals surface area contributed by atoms with Crippen molar-refractivity contribution >= 4 is 17.0 Å². The Hall–Kier alpha value is -3.43. The van der Waals surface area contributed by atoms with Crippen LogP contribution in [-0.4, -0.2) is 68.6 Å². The van der Waals surface area contributed by atoms with Crippen LogP contribution < -0.4 is 5.32 Å². The highest BCUT2D eigenvalue weighted by atomic mass is 19.1. The summed E-state index contributed by atoms with van der Waals surface area (Å²) in [5.41, 5.74) is 5.14. The summed E-state index contributed by atoms with van der Waals surface area (Å²) < 4.78 is 32.1. The number of halogens is 2. The van der Waals surface area contributed by atoms with Crippen molar-refractivity contribution in [3.05, 3.63) is 70.9 Å². The lowest BCUT2D eigenvalue weighted by Crippen LogP contribution is -2.46. The molecule has 0 radical (unpaired) electrons. The largest absolute Gasteiger partial charge is 0.326 e. The van der Waals surface area contributed by atoms with E-state index in [9.17, 15) is 0 Å². The lowest BCUT2D eigenvalue weighted by atomic mass is 9.85. The van der Waals surface area contributed by atoms with E-state index in [1.165, 1.54) is 24.5 Å². The van der Waals surface area contributed by atoms with Crippen molar-refractivity contribution in [2.75, 3.05) is 38.5 Å². The summed E-state index contributed by atoms with van der Waals surface area (Å²) >= 11 is 0. The highest BCUT2D eigenvalue weighted by Gasteiger charge is 2.28. The van der Waals surface area contributed by atoms with Crippen LogP contribution in [-0.2, 0) is 0 Å². The second-order valence-corrected chi connectivity index (χ2v) is 12.4. The van der Waals surface area contributed by atoms with Crippen molar-refractivity contribution in [3.63, 3.8) is 0 Å². The van der Waals surface area contributed by atoms with Crippen LogP contribution in [0.25, 0.3) is 22.3 Å². The lowest BCUT2D eigenvalue weighted by molar-refractivity contribution is 0.125. The number of allylic oxidation sites excluding steroid dienone is 2. The number of hydrogen-bond donors (Lipinski definition) is 1. The predicted molar refractivity (Wildman–Crippen MR) is 164 cm³/mol. The summed E-state index contributed by atoms with van der Waals surface area (Å²) in [5, 5.41) is 3.30. The van der Waals surface area contributed by atoms with Crippen molar-refractivity contribution in [2.24, 2.45) is 5.92 Å². The first-order valence-electron chi connectivity index (χ1n) is 15.2. The third-order valence-electron chi connectivity index (χ3n) is 9.12. The standard InChI is InChI=1S/C33H41F2N7/c1-20(2)42-22(4)37-32-28(34)16-24(17-30(32)42)31-29(35)18-36-33(39-31)38-25-8-6-21(3)27-12-15-41(19-23(27)7-9-25)26-10-13-40(5)14-11-26/h7-9,16-18,20-21,26H,6,10-15,19H2,1-5H3,(H,36,38,39)/b9-7-,25-8-/t21-/m1/s1. The van der Waals surface area contributed by atoms with Crippen LogP contribution in [0.1, 0.15) is 58.3 Å². The van der Waals surface area contributed by atoms with Gasteiger partial charge >= 0.3 is 0 Å². The van der Waals surface area contributed by atoms with Crippen LogP contribution >= 0.6 is 0 Å². The van der Waals surface area contributed by atoms with E-state index in [2.05, 4.69) is 62.3 Å². The van der Waals surface area contributed by atoms with Crippen LogP contribution in [0, 0.1) is 24.5 Å². The van der Waals surface area contributed by atoms with Gasteiger partial charge in [0.05, 0.1) is 11.7 Å². The van der Waals surface area contributed by atoms with Gasteiger partial charge in [0.1, 0.15) is 17.0 Å². The first-order valence-corrected chi connectivity index (χ1v) is 15.2. The van der Waals surface area contributed by atoms with Gasteiger partial charge < -0.3 is 14.8 Å². The molecule has 4 heterocycles. The molecule has 1 aromatic carbocycles. The van der Waals surface area contributed by atoms with Crippen LogP contribution in [0.5, 0.6) is 0 Å². The van der Waals surface area contributed by atoms with Gasteiger partial charge in [0, 0.05) is 36.4 Å². The molecule has 6 rings (SSSR count). The molecule has 3 aliphatic rings. The van der Waals surface area contributed by atoms with Crippen molar-refractivity contribution in [1.29, 1.82) is 0 Å². The highest BCUT2D eigenvalue weighted by molar-refractivity contribution is 5.83. The third kappa shape index (κ3) is 5.64. The van der Waals surface area contributed by atoms with Gasteiger partial charge in [-0.25, -0.2) is 23.7 Å². The van der Waals surface area contributed by atoms with E-state index in [1.54, 1.807) is 11.6 Å². The maximum Gasteiger partial charge on any atom is 0.227 e. The van der Waals surface area contributed by atoms with Gasteiger partial charge in [0.15, 0.2) is 11.6 Å². The van der Waals surface area contributed by atoms with Gasteiger partial charge in [-0.2, -0.15) is 0 Å². The summed E-state index contributed by atoms with van der Waals surface area (Å²) in [6, 6.07) is 3.79. The van der Waals surface area contributed by atoms with Crippen LogP contribution in [0.3, 0.4) is 0 Å². The zero-order valence-corrected chi connectivity index (χ0v) is 25.3. The molecule has 1 aliphatic carbocycles. The van der Waals surface area contributed by atoms with E-state index in [4.69, 9.17) is 0 Å². The molecule has 1 saturated heterocycles. The van der Waals surface area contributed by atoms with Crippen molar-refractivity contribution in [2.45, 2.75) is 65.5 Å². The van der Waals surface area contributed by atoms with E-state index >= 15 is 8.78 Å². The lowest BCUT2D eigenvalue weighted by Gasteiger charge is -2.41.